The summed E-state index contributed by atoms with van der Waals surface area (Å²) in [5.41, 5.74) is 8.92. The van der Waals surface area contributed by atoms with Gasteiger partial charge in [0.2, 0.25) is 0 Å². The minimum atomic E-state index is -0.263. The molecule has 0 aliphatic rings. The van der Waals surface area contributed by atoms with Gasteiger partial charge in [0.1, 0.15) is 6.33 Å². The Bertz CT molecular complexity index is 971. The van der Waals surface area contributed by atoms with Gasteiger partial charge in [-0.2, -0.15) is 0 Å². The van der Waals surface area contributed by atoms with Gasteiger partial charge in [-0.3, -0.25) is 15.6 Å². The van der Waals surface area contributed by atoms with Crippen LogP contribution in [0.5, 0.6) is 0 Å². The largest absolute Gasteiger partial charge is 0.331 e. The summed E-state index contributed by atoms with van der Waals surface area (Å²) in [4.78, 5) is 12.3. The van der Waals surface area contributed by atoms with Crippen LogP contribution in [0.2, 0.25) is 0 Å². The lowest BCUT2D eigenvalue weighted by Crippen LogP contribution is -2.43. The van der Waals surface area contributed by atoms with E-state index in [1.165, 1.54) is 0 Å². The summed E-state index contributed by atoms with van der Waals surface area (Å²) in [5.74, 6) is 0.484. The van der Waals surface area contributed by atoms with Crippen LogP contribution in [0.25, 0.3) is 0 Å². The minimum Gasteiger partial charge on any atom is -0.331 e. The number of amides is 1. The fourth-order valence-corrected chi connectivity index (χ4v) is 3.39. The number of carbonyl (C=O) groups is 1. The van der Waals surface area contributed by atoms with Gasteiger partial charge < -0.3 is 9.88 Å². The topological polar surface area (TPSA) is 83.9 Å². The first kappa shape index (κ1) is 19.8. The maximum absolute atomic E-state index is 12.3. The number of rotatable bonds is 5. The molecule has 3 rings (SSSR count). The highest BCUT2D eigenvalue weighted by atomic mass is 32.2. The number of thiocarbonyl (C=S) groups is 1. The number of anilines is 1. The van der Waals surface area contributed by atoms with Crippen LogP contribution in [0.15, 0.2) is 60.0 Å². The van der Waals surface area contributed by atoms with E-state index in [1.54, 1.807) is 30.2 Å². The number of nitrogens with zero attached hydrogens (tertiary/aromatic N) is 3. The molecular formula is C19H20N6OS2. The maximum atomic E-state index is 12.3. The summed E-state index contributed by atoms with van der Waals surface area (Å²) in [6, 6.07) is 15.2. The molecule has 0 bridgehead atoms. The summed E-state index contributed by atoms with van der Waals surface area (Å²) in [7, 11) is 1.90. The zero-order valence-electron chi connectivity index (χ0n) is 15.5. The number of aryl methyl sites for hydroxylation is 2. The number of benzene rings is 2. The molecule has 0 saturated carbocycles. The molecule has 3 N–H and O–H groups in total. The second kappa shape index (κ2) is 9.34. The lowest BCUT2D eigenvalue weighted by atomic mass is 10.1. The van der Waals surface area contributed by atoms with Gasteiger partial charge in [0.25, 0.3) is 5.91 Å². The van der Waals surface area contributed by atoms with Crippen LogP contribution in [-0.4, -0.2) is 25.8 Å². The van der Waals surface area contributed by atoms with Crippen molar-refractivity contribution in [2.24, 2.45) is 7.05 Å². The Labute approximate surface area is 172 Å². The van der Waals surface area contributed by atoms with Gasteiger partial charge in [-0.15, -0.1) is 10.2 Å². The predicted molar refractivity (Wildman–Crippen MR) is 115 cm³/mol. The molecule has 0 saturated heterocycles. The Morgan fingerprint density at radius 3 is 2.64 bits per heavy atom. The molecule has 9 heteroatoms. The first-order valence-electron chi connectivity index (χ1n) is 8.51. The average molecular weight is 413 g/mol. The molecule has 1 heterocycles. The number of aromatic nitrogens is 3. The van der Waals surface area contributed by atoms with E-state index >= 15 is 0 Å². The lowest BCUT2D eigenvalue weighted by molar-refractivity contribution is 0.0944. The zero-order valence-corrected chi connectivity index (χ0v) is 17.1. The van der Waals surface area contributed by atoms with Gasteiger partial charge in [-0.1, -0.05) is 36.0 Å². The van der Waals surface area contributed by atoms with E-state index in [1.807, 2.05) is 54.9 Å². The Morgan fingerprint density at radius 2 is 1.96 bits per heavy atom. The summed E-state index contributed by atoms with van der Waals surface area (Å²) >= 11 is 6.79. The second-order valence-electron chi connectivity index (χ2n) is 6.11. The Kier molecular flexibility index (Phi) is 6.62. The summed E-state index contributed by atoms with van der Waals surface area (Å²) < 4.78 is 1.87. The third-order valence-electron chi connectivity index (χ3n) is 3.82. The van der Waals surface area contributed by atoms with Gasteiger partial charge in [0.15, 0.2) is 10.3 Å². The smallest absolute Gasteiger partial charge is 0.269 e. The summed E-state index contributed by atoms with van der Waals surface area (Å²) in [5, 5.41) is 12.1. The molecule has 0 aliphatic heterocycles. The number of hydrogen-bond donors (Lipinski definition) is 3. The monoisotopic (exact) mass is 412 g/mol. The molecule has 0 unspecified atom stereocenters. The van der Waals surface area contributed by atoms with Crippen molar-refractivity contribution in [1.82, 2.24) is 25.6 Å². The Balaban J connectivity index is 1.47. The van der Waals surface area contributed by atoms with Crippen molar-refractivity contribution in [2.75, 3.05) is 5.32 Å². The van der Waals surface area contributed by atoms with Crippen molar-refractivity contribution >= 4 is 40.7 Å². The number of carbonyl (C=O) groups excluding carboxylic acids is 1. The van der Waals surface area contributed by atoms with E-state index in [2.05, 4.69) is 26.4 Å². The maximum Gasteiger partial charge on any atom is 0.269 e. The van der Waals surface area contributed by atoms with Crippen LogP contribution in [-0.2, 0) is 12.8 Å². The SMILES string of the molecule is Cc1cccc(NC(=S)NNC(=O)c2ccc(CSc3nncn3C)cc2)c1. The van der Waals surface area contributed by atoms with Gasteiger partial charge >= 0.3 is 0 Å². The molecule has 0 fully saturated rings. The van der Waals surface area contributed by atoms with E-state index in [4.69, 9.17) is 12.2 Å². The van der Waals surface area contributed by atoms with E-state index in [9.17, 15) is 4.79 Å². The van der Waals surface area contributed by atoms with Crippen molar-refractivity contribution in [1.29, 1.82) is 0 Å². The normalized spacial score (nSPS) is 10.4. The standard InChI is InChI=1S/C19H20N6OS2/c1-13-4-3-5-16(10-13)21-18(27)23-22-17(26)15-8-6-14(7-9-15)11-28-19-24-20-12-25(19)2/h3-10,12H,11H2,1-2H3,(H,22,26)(H2,21,23,27). The summed E-state index contributed by atoms with van der Waals surface area (Å²) in [6.45, 7) is 2.00. The molecular weight excluding hydrogens is 392 g/mol. The third kappa shape index (κ3) is 5.54. The molecule has 7 nitrogen and oxygen atoms in total. The molecule has 0 atom stereocenters. The van der Waals surface area contributed by atoms with Crippen LogP contribution in [0.1, 0.15) is 21.5 Å². The summed E-state index contributed by atoms with van der Waals surface area (Å²) in [6.07, 6.45) is 1.67. The fraction of sp³-hybridized carbons (Fsp3) is 0.158. The van der Waals surface area contributed by atoms with Crippen LogP contribution in [0.4, 0.5) is 5.69 Å². The molecule has 2 aromatic carbocycles. The molecule has 28 heavy (non-hydrogen) atoms. The van der Waals surface area contributed by atoms with Gasteiger partial charge in [-0.25, -0.2) is 0 Å². The number of thioether (sulfide) groups is 1. The molecule has 0 aliphatic carbocycles. The minimum absolute atomic E-state index is 0.263. The highest BCUT2D eigenvalue weighted by molar-refractivity contribution is 7.98. The Morgan fingerprint density at radius 1 is 1.18 bits per heavy atom. The van der Waals surface area contributed by atoms with Crippen LogP contribution < -0.4 is 16.2 Å². The number of hydrazine groups is 1. The molecule has 1 amide bonds. The van der Waals surface area contributed by atoms with E-state index in [0.717, 1.165) is 27.7 Å². The number of nitrogens with one attached hydrogen (secondary N) is 3. The predicted octanol–water partition coefficient (Wildman–Crippen LogP) is 3.05. The highest BCUT2D eigenvalue weighted by Crippen LogP contribution is 2.20. The van der Waals surface area contributed by atoms with Crippen molar-refractivity contribution in [3.05, 3.63) is 71.5 Å². The Hall–Kier alpha value is -2.91. The van der Waals surface area contributed by atoms with Crippen molar-refractivity contribution in [3.8, 4) is 0 Å². The zero-order chi connectivity index (χ0) is 19.9. The van der Waals surface area contributed by atoms with Gasteiger partial charge in [0.05, 0.1) is 0 Å². The van der Waals surface area contributed by atoms with Crippen LogP contribution in [0.3, 0.4) is 0 Å². The van der Waals surface area contributed by atoms with E-state index in [-0.39, 0.29) is 5.91 Å². The van der Waals surface area contributed by atoms with Crippen molar-refractivity contribution in [3.63, 3.8) is 0 Å². The number of hydrogen-bond acceptors (Lipinski definition) is 5. The third-order valence-corrected chi connectivity index (χ3v) is 5.13. The average Bonchev–Trinajstić information content (AvgIpc) is 3.10. The van der Waals surface area contributed by atoms with Crippen molar-refractivity contribution in [2.45, 2.75) is 17.8 Å². The van der Waals surface area contributed by atoms with Crippen LogP contribution in [0, 0.1) is 6.92 Å². The van der Waals surface area contributed by atoms with Crippen molar-refractivity contribution < 1.29 is 4.79 Å². The molecule has 3 aromatic rings. The first-order chi connectivity index (χ1) is 13.5. The first-order valence-corrected chi connectivity index (χ1v) is 9.90. The van der Waals surface area contributed by atoms with Crippen LogP contribution >= 0.6 is 24.0 Å². The van der Waals surface area contributed by atoms with E-state index in [0.29, 0.717) is 10.7 Å². The molecule has 1 aromatic heterocycles. The van der Waals surface area contributed by atoms with Gasteiger partial charge in [0, 0.05) is 24.1 Å². The molecule has 144 valence electrons. The van der Waals surface area contributed by atoms with Gasteiger partial charge in [-0.05, 0) is 54.5 Å². The quantitative estimate of drug-likeness (QED) is 0.337. The fourth-order valence-electron chi connectivity index (χ4n) is 2.37. The molecule has 0 radical (unpaired) electrons. The second-order valence-corrected chi connectivity index (χ2v) is 7.46. The lowest BCUT2D eigenvalue weighted by Gasteiger charge is -2.12. The highest BCUT2D eigenvalue weighted by Gasteiger charge is 2.07. The molecule has 0 spiro atoms. The van der Waals surface area contributed by atoms with E-state index < -0.39 is 0 Å².